The van der Waals surface area contributed by atoms with E-state index in [0.717, 1.165) is 30.1 Å². The first kappa shape index (κ1) is 16.3. The fourth-order valence-electron chi connectivity index (χ4n) is 3.49. The molecule has 2 aromatic rings. The number of amides is 1. The van der Waals surface area contributed by atoms with Gasteiger partial charge in [-0.1, -0.05) is 35.5 Å². The minimum atomic E-state index is -0.141. The molecule has 1 fully saturated rings. The summed E-state index contributed by atoms with van der Waals surface area (Å²) in [4.78, 5) is 13.9. The fourth-order valence-corrected chi connectivity index (χ4v) is 3.49. The Morgan fingerprint density at radius 3 is 2.80 bits per heavy atom. The lowest BCUT2D eigenvalue weighted by atomic mass is 10.0. The molecular weight excluding hydrogens is 316 g/mol. The van der Waals surface area contributed by atoms with E-state index in [1.165, 1.54) is 18.5 Å². The van der Waals surface area contributed by atoms with Crippen molar-refractivity contribution in [1.82, 2.24) is 19.9 Å². The minimum Gasteiger partial charge on any atom is -0.374 e. The Balaban J connectivity index is 1.49. The third-order valence-electron chi connectivity index (χ3n) is 5.07. The van der Waals surface area contributed by atoms with Gasteiger partial charge in [-0.3, -0.25) is 4.79 Å². The maximum absolute atomic E-state index is 12.1. The van der Waals surface area contributed by atoms with Crippen LogP contribution in [0.15, 0.2) is 30.3 Å². The zero-order valence-electron chi connectivity index (χ0n) is 14.6. The molecular formula is C19H24N4O2. The van der Waals surface area contributed by atoms with Crippen LogP contribution in [0.25, 0.3) is 0 Å². The van der Waals surface area contributed by atoms with Crippen molar-refractivity contribution in [3.63, 3.8) is 0 Å². The maximum Gasteiger partial charge on any atom is 0.220 e. The molecule has 0 N–H and O–H groups in total. The molecule has 1 saturated carbocycles. The van der Waals surface area contributed by atoms with Gasteiger partial charge in [-0.2, -0.15) is 0 Å². The van der Waals surface area contributed by atoms with Gasteiger partial charge in [0.2, 0.25) is 5.91 Å². The number of rotatable bonds is 6. The summed E-state index contributed by atoms with van der Waals surface area (Å²) >= 11 is 0. The molecule has 25 heavy (non-hydrogen) atoms. The molecule has 1 aromatic carbocycles. The van der Waals surface area contributed by atoms with Gasteiger partial charge in [0, 0.05) is 26.4 Å². The van der Waals surface area contributed by atoms with Crippen molar-refractivity contribution in [2.45, 2.75) is 45.4 Å². The van der Waals surface area contributed by atoms with Crippen LogP contribution < -0.4 is 0 Å². The average Bonchev–Trinajstić information content (AvgIpc) is 3.34. The Labute approximate surface area is 147 Å². The average molecular weight is 340 g/mol. The number of aromatic nitrogens is 3. The van der Waals surface area contributed by atoms with Crippen molar-refractivity contribution in [2.75, 3.05) is 13.2 Å². The lowest BCUT2D eigenvalue weighted by molar-refractivity contribution is -0.133. The number of hydrogen-bond donors (Lipinski definition) is 0. The summed E-state index contributed by atoms with van der Waals surface area (Å²) < 4.78 is 7.98. The number of ether oxygens (including phenoxy) is 1. The van der Waals surface area contributed by atoms with E-state index in [1.54, 1.807) is 6.92 Å². The standard InChI is InChI=1S/C19H24N4O2/c1-14(24)22-10-9-17-19(20-21-23(17)11-15-7-8-15)18(22)13-25-12-16-5-3-2-4-6-16/h2-6,15,18H,7-13H2,1H3/t18-/m0/s1. The minimum absolute atomic E-state index is 0.0655. The highest BCUT2D eigenvalue weighted by Crippen LogP contribution is 2.33. The van der Waals surface area contributed by atoms with Gasteiger partial charge in [-0.25, -0.2) is 4.68 Å². The smallest absolute Gasteiger partial charge is 0.220 e. The SMILES string of the molecule is CC(=O)N1CCc2c(nnn2CC2CC2)[C@@H]1COCc1ccccc1. The number of benzene rings is 1. The molecule has 0 unspecified atom stereocenters. The largest absolute Gasteiger partial charge is 0.374 e. The van der Waals surface area contributed by atoms with Crippen LogP contribution in [0.4, 0.5) is 0 Å². The van der Waals surface area contributed by atoms with E-state index in [2.05, 4.69) is 15.0 Å². The molecule has 132 valence electrons. The lowest BCUT2D eigenvalue weighted by Crippen LogP contribution is -2.41. The molecule has 1 aliphatic heterocycles. The van der Waals surface area contributed by atoms with Gasteiger partial charge in [0.05, 0.1) is 18.9 Å². The lowest BCUT2D eigenvalue weighted by Gasteiger charge is -2.34. The normalized spacial score (nSPS) is 19.7. The number of carbonyl (C=O) groups excluding carboxylic acids is 1. The Kier molecular flexibility index (Phi) is 4.53. The van der Waals surface area contributed by atoms with E-state index in [4.69, 9.17) is 4.74 Å². The number of nitrogens with zero attached hydrogens (tertiary/aromatic N) is 4. The van der Waals surface area contributed by atoms with Crippen molar-refractivity contribution in [1.29, 1.82) is 0 Å². The predicted octanol–water partition coefficient (Wildman–Crippen LogP) is 2.35. The predicted molar refractivity (Wildman–Crippen MR) is 92.7 cm³/mol. The molecule has 0 radical (unpaired) electrons. The summed E-state index contributed by atoms with van der Waals surface area (Å²) in [5.41, 5.74) is 3.22. The monoisotopic (exact) mass is 340 g/mol. The highest BCUT2D eigenvalue weighted by molar-refractivity contribution is 5.74. The van der Waals surface area contributed by atoms with Crippen LogP contribution in [-0.2, 0) is 29.1 Å². The first-order valence-corrected chi connectivity index (χ1v) is 9.03. The Morgan fingerprint density at radius 2 is 2.08 bits per heavy atom. The van der Waals surface area contributed by atoms with E-state index >= 15 is 0 Å². The van der Waals surface area contributed by atoms with Crippen molar-refractivity contribution in [3.05, 3.63) is 47.3 Å². The first-order chi connectivity index (χ1) is 12.2. The third kappa shape index (κ3) is 3.58. The van der Waals surface area contributed by atoms with Crippen molar-refractivity contribution in [3.8, 4) is 0 Å². The molecule has 0 spiro atoms. The second-order valence-electron chi connectivity index (χ2n) is 7.03. The third-order valence-corrected chi connectivity index (χ3v) is 5.07. The van der Waals surface area contributed by atoms with Crippen LogP contribution in [0.3, 0.4) is 0 Å². The summed E-state index contributed by atoms with van der Waals surface area (Å²) in [6, 6.07) is 9.94. The van der Waals surface area contributed by atoms with Gasteiger partial charge in [0.1, 0.15) is 11.7 Å². The van der Waals surface area contributed by atoms with Gasteiger partial charge in [0.25, 0.3) is 0 Å². The van der Waals surface area contributed by atoms with Crippen LogP contribution in [0, 0.1) is 5.92 Å². The molecule has 2 heterocycles. The molecule has 1 atom stereocenters. The molecule has 0 bridgehead atoms. The Morgan fingerprint density at radius 1 is 1.28 bits per heavy atom. The Hall–Kier alpha value is -2.21. The Bertz CT molecular complexity index is 739. The van der Waals surface area contributed by atoms with Gasteiger partial charge in [0.15, 0.2) is 0 Å². The second-order valence-corrected chi connectivity index (χ2v) is 7.03. The van der Waals surface area contributed by atoms with Crippen molar-refractivity contribution < 1.29 is 9.53 Å². The topological polar surface area (TPSA) is 60.2 Å². The zero-order valence-corrected chi connectivity index (χ0v) is 14.6. The quantitative estimate of drug-likeness (QED) is 0.810. The summed E-state index contributed by atoms with van der Waals surface area (Å²) in [6.45, 7) is 4.27. The highest BCUT2D eigenvalue weighted by atomic mass is 16.5. The summed E-state index contributed by atoms with van der Waals surface area (Å²) in [5.74, 6) is 0.820. The molecule has 6 heteroatoms. The molecule has 1 aliphatic carbocycles. The zero-order chi connectivity index (χ0) is 17.2. The fraction of sp³-hybridized carbons (Fsp3) is 0.526. The maximum atomic E-state index is 12.1. The second kappa shape index (κ2) is 6.96. The van der Waals surface area contributed by atoms with Gasteiger partial charge >= 0.3 is 0 Å². The van der Waals surface area contributed by atoms with Crippen molar-refractivity contribution >= 4 is 5.91 Å². The highest BCUT2D eigenvalue weighted by Gasteiger charge is 2.34. The van der Waals surface area contributed by atoms with E-state index in [9.17, 15) is 4.79 Å². The number of fused-ring (bicyclic) bond motifs is 1. The summed E-state index contributed by atoms with van der Waals surface area (Å²) in [6.07, 6.45) is 3.40. The van der Waals surface area contributed by atoms with Crippen LogP contribution in [0.5, 0.6) is 0 Å². The number of hydrogen-bond acceptors (Lipinski definition) is 4. The molecule has 4 rings (SSSR count). The van der Waals surface area contributed by atoms with E-state index < -0.39 is 0 Å². The van der Waals surface area contributed by atoms with E-state index in [0.29, 0.717) is 19.8 Å². The van der Waals surface area contributed by atoms with E-state index in [1.807, 2.05) is 35.2 Å². The van der Waals surface area contributed by atoms with Gasteiger partial charge in [-0.05, 0) is 24.3 Å². The molecule has 1 amide bonds. The van der Waals surface area contributed by atoms with Gasteiger partial charge < -0.3 is 9.64 Å². The number of carbonyl (C=O) groups is 1. The molecule has 2 aliphatic rings. The first-order valence-electron chi connectivity index (χ1n) is 9.03. The molecule has 0 saturated heterocycles. The molecule has 1 aromatic heterocycles. The van der Waals surface area contributed by atoms with Crippen molar-refractivity contribution in [2.24, 2.45) is 5.92 Å². The van der Waals surface area contributed by atoms with Gasteiger partial charge in [-0.15, -0.1) is 5.10 Å². The van der Waals surface area contributed by atoms with Crippen LogP contribution in [-0.4, -0.2) is 39.0 Å². The summed E-state index contributed by atoms with van der Waals surface area (Å²) in [5, 5.41) is 8.78. The van der Waals surface area contributed by atoms with E-state index in [-0.39, 0.29) is 11.9 Å². The van der Waals surface area contributed by atoms with Crippen LogP contribution in [0.2, 0.25) is 0 Å². The summed E-state index contributed by atoms with van der Waals surface area (Å²) in [7, 11) is 0. The van der Waals surface area contributed by atoms with Crippen LogP contribution >= 0.6 is 0 Å². The molecule has 6 nitrogen and oxygen atoms in total. The van der Waals surface area contributed by atoms with Crippen LogP contribution in [0.1, 0.15) is 42.8 Å².